The predicted octanol–water partition coefficient (Wildman–Crippen LogP) is 1.65. The van der Waals surface area contributed by atoms with E-state index in [9.17, 15) is 0 Å². The average Bonchev–Trinajstić information content (AvgIpc) is 3.34. The number of guanidine groups is 1. The molecule has 8 heteroatoms. The third-order valence-corrected chi connectivity index (χ3v) is 3.94. The molecule has 3 aromatic rings. The van der Waals surface area contributed by atoms with Crippen LogP contribution in [0.1, 0.15) is 11.5 Å². The average molecular weight is 341 g/mol. The summed E-state index contributed by atoms with van der Waals surface area (Å²) < 4.78 is 7.40. The van der Waals surface area contributed by atoms with Crippen molar-refractivity contribution in [3.8, 4) is 11.6 Å². The van der Waals surface area contributed by atoms with Gasteiger partial charge in [-0.25, -0.2) is 4.98 Å². The van der Waals surface area contributed by atoms with Crippen molar-refractivity contribution >= 4 is 5.96 Å². The molecule has 0 saturated heterocycles. The molecule has 0 unspecified atom stereocenters. The fourth-order valence-corrected chi connectivity index (χ4v) is 2.58. The van der Waals surface area contributed by atoms with Crippen molar-refractivity contribution in [1.82, 2.24) is 30.0 Å². The van der Waals surface area contributed by atoms with Crippen LogP contribution in [0.3, 0.4) is 0 Å². The van der Waals surface area contributed by atoms with Gasteiger partial charge in [0, 0.05) is 46.0 Å². The summed E-state index contributed by atoms with van der Waals surface area (Å²) in [5.74, 6) is 2.88. The van der Waals surface area contributed by atoms with Crippen LogP contribution < -0.4 is 5.32 Å². The Labute approximate surface area is 146 Å². The summed E-state index contributed by atoms with van der Waals surface area (Å²) in [6.45, 7) is 1.49. The maximum Gasteiger partial charge on any atom is 0.216 e. The van der Waals surface area contributed by atoms with Crippen LogP contribution in [0.5, 0.6) is 0 Å². The topological polar surface area (TPSA) is 87.3 Å². The summed E-state index contributed by atoms with van der Waals surface area (Å²) in [4.78, 5) is 10.9. The van der Waals surface area contributed by atoms with Gasteiger partial charge in [-0.3, -0.25) is 10.1 Å². The number of nitrogens with zero attached hydrogens (tertiary/aromatic N) is 5. The summed E-state index contributed by atoms with van der Waals surface area (Å²) in [6.07, 6.45) is 4.37. The molecule has 132 valence electrons. The fraction of sp³-hybridized carbons (Fsp3) is 0.353. The molecule has 0 radical (unpaired) electrons. The highest BCUT2D eigenvalue weighted by molar-refractivity contribution is 5.79. The minimum Gasteiger partial charge on any atom is -0.461 e. The second kappa shape index (κ2) is 7.69. The maximum atomic E-state index is 5.30. The van der Waals surface area contributed by atoms with Gasteiger partial charge in [0.05, 0.1) is 12.8 Å². The van der Waals surface area contributed by atoms with Gasteiger partial charge >= 0.3 is 0 Å². The van der Waals surface area contributed by atoms with E-state index in [0.717, 1.165) is 18.3 Å². The van der Waals surface area contributed by atoms with Crippen LogP contribution in [-0.4, -0.2) is 51.2 Å². The normalized spacial score (nSPS) is 11.7. The lowest BCUT2D eigenvalue weighted by atomic mass is 10.4. The molecule has 3 rings (SSSR count). The van der Waals surface area contributed by atoms with Gasteiger partial charge < -0.3 is 19.2 Å². The fourth-order valence-electron chi connectivity index (χ4n) is 2.58. The van der Waals surface area contributed by atoms with Crippen LogP contribution in [0.2, 0.25) is 0 Å². The zero-order chi connectivity index (χ0) is 17.6. The Morgan fingerprint density at radius 3 is 2.96 bits per heavy atom. The van der Waals surface area contributed by atoms with Crippen molar-refractivity contribution in [2.45, 2.75) is 13.0 Å². The van der Waals surface area contributed by atoms with E-state index in [1.807, 2.05) is 38.5 Å². The highest BCUT2D eigenvalue weighted by Crippen LogP contribution is 2.14. The van der Waals surface area contributed by atoms with Crippen LogP contribution in [0, 0.1) is 0 Å². The molecule has 8 nitrogen and oxygen atoms in total. The lowest BCUT2D eigenvalue weighted by Crippen LogP contribution is -2.39. The molecular weight excluding hydrogens is 318 g/mol. The standard InChI is InChI=1S/C17H23N7O/c1-18-17(24(3)12-13-6-4-10-23(13)2)19-9-8-15-20-16(22-21-15)14-7-5-11-25-14/h4-7,10-11H,8-9,12H2,1-3H3,(H,18,19)(H,20,21,22). The van der Waals surface area contributed by atoms with E-state index in [4.69, 9.17) is 4.42 Å². The third kappa shape index (κ3) is 4.09. The molecule has 0 saturated carbocycles. The highest BCUT2D eigenvalue weighted by Gasteiger charge is 2.10. The smallest absolute Gasteiger partial charge is 0.216 e. The van der Waals surface area contributed by atoms with E-state index >= 15 is 0 Å². The van der Waals surface area contributed by atoms with Crippen LogP contribution in [0.25, 0.3) is 11.6 Å². The van der Waals surface area contributed by atoms with Crippen LogP contribution >= 0.6 is 0 Å². The summed E-state index contributed by atoms with van der Waals surface area (Å²) in [5, 5.41) is 10.5. The molecule has 0 aliphatic heterocycles. The summed E-state index contributed by atoms with van der Waals surface area (Å²) >= 11 is 0. The lowest BCUT2D eigenvalue weighted by Gasteiger charge is -2.22. The van der Waals surface area contributed by atoms with Crippen LogP contribution in [0.4, 0.5) is 0 Å². The molecule has 3 aromatic heterocycles. The number of rotatable bonds is 6. The van der Waals surface area contributed by atoms with Gasteiger partial charge in [-0.1, -0.05) is 0 Å². The molecule has 0 aliphatic carbocycles. The van der Waals surface area contributed by atoms with Gasteiger partial charge in [-0.2, -0.15) is 5.10 Å². The third-order valence-electron chi connectivity index (χ3n) is 3.94. The Balaban J connectivity index is 1.51. The molecule has 0 aromatic carbocycles. The number of furan rings is 1. The van der Waals surface area contributed by atoms with Crippen molar-refractivity contribution in [2.75, 3.05) is 20.6 Å². The Morgan fingerprint density at radius 1 is 1.40 bits per heavy atom. The van der Waals surface area contributed by atoms with E-state index in [2.05, 4.69) is 41.0 Å². The van der Waals surface area contributed by atoms with Crippen LogP contribution in [-0.2, 0) is 20.0 Å². The first-order valence-corrected chi connectivity index (χ1v) is 8.14. The second-order valence-electron chi connectivity index (χ2n) is 5.77. The predicted molar refractivity (Wildman–Crippen MR) is 96.0 cm³/mol. The van der Waals surface area contributed by atoms with Crippen molar-refractivity contribution in [3.63, 3.8) is 0 Å². The zero-order valence-corrected chi connectivity index (χ0v) is 14.7. The van der Waals surface area contributed by atoms with Gasteiger partial charge in [0.25, 0.3) is 0 Å². The molecular formula is C17H23N7O. The van der Waals surface area contributed by atoms with Gasteiger partial charge in [0.1, 0.15) is 5.82 Å². The number of aryl methyl sites for hydroxylation is 1. The Hall–Kier alpha value is -3.03. The second-order valence-corrected chi connectivity index (χ2v) is 5.77. The van der Waals surface area contributed by atoms with Crippen molar-refractivity contribution in [1.29, 1.82) is 0 Å². The molecule has 2 N–H and O–H groups in total. The largest absolute Gasteiger partial charge is 0.461 e. The quantitative estimate of drug-likeness (QED) is 0.526. The Kier molecular flexibility index (Phi) is 5.17. The molecule has 3 heterocycles. The highest BCUT2D eigenvalue weighted by atomic mass is 16.3. The molecule has 0 fully saturated rings. The summed E-state index contributed by atoms with van der Waals surface area (Å²) in [7, 11) is 5.85. The van der Waals surface area contributed by atoms with Gasteiger partial charge in [-0.05, 0) is 24.3 Å². The van der Waals surface area contributed by atoms with E-state index in [1.54, 1.807) is 13.3 Å². The summed E-state index contributed by atoms with van der Waals surface area (Å²) in [5.41, 5.74) is 1.23. The molecule has 0 atom stereocenters. The number of aromatic nitrogens is 4. The number of nitrogens with one attached hydrogen (secondary N) is 2. The van der Waals surface area contributed by atoms with Gasteiger partial charge in [-0.15, -0.1) is 0 Å². The first-order valence-electron chi connectivity index (χ1n) is 8.14. The van der Waals surface area contributed by atoms with E-state index < -0.39 is 0 Å². The number of aliphatic imine (C=N–C) groups is 1. The molecule has 0 spiro atoms. The molecule has 0 bridgehead atoms. The lowest BCUT2D eigenvalue weighted by molar-refractivity contribution is 0.462. The minimum atomic E-state index is 0.574. The molecule has 0 aliphatic rings. The monoisotopic (exact) mass is 341 g/mol. The van der Waals surface area contributed by atoms with E-state index in [-0.39, 0.29) is 0 Å². The first-order chi connectivity index (χ1) is 12.2. The van der Waals surface area contributed by atoms with Gasteiger partial charge in [0.15, 0.2) is 11.7 Å². The SMILES string of the molecule is CN=C(NCCc1nc(-c2ccco2)n[nH]1)N(C)Cc1cccn1C. The van der Waals surface area contributed by atoms with Gasteiger partial charge in [0.2, 0.25) is 5.82 Å². The number of hydrogen-bond donors (Lipinski definition) is 2. The zero-order valence-electron chi connectivity index (χ0n) is 14.7. The number of hydrogen-bond acceptors (Lipinski definition) is 4. The number of aromatic amines is 1. The van der Waals surface area contributed by atoms with E-state index in [1.165, 1.54) is 5.69 Å². The Morgan fingerprint density at radius 2 is 2.28 bits per heavy atom. The van der Waals surface area contributed by atoms with E-state index in [0.29, 0.717) is 24.6 Å². The molecule has 25 heavy (non-hydrogen) atoms. The molecule has 0 amide bonds. The Bertz CT molecular complexity index is 816. The van der Waals surface area contributed by atoms with Crippen LogP contribution in [0.15, 0.2) is 46.1 Å². The van der Waals surface area contributed by atoms with Crippen molar-refractivity contribution in [2.24, 2.45) is 12.0 Å². The van der Waals surface area contributed by atoms with Crippen molar-refractivity contribution < 1.29 is 4.42 Å². The number of H-pyrrole nitrogens is 1. The van der Waals surface area contributed by atoms with Crippen molar-refractivity contribution in [3.05, 3.63) is 48.2 Å². The first kappa shape index (κ1) is 16.8. The minimum absolute atomic E-state index is 0.574. The summed E-state index contributed by atoms with van der Waals surface area (Å²) in [6, 6.07) is 7.80. The maximum absolute atomic E-state index is 5.30.